The quantitative estimate of drug-likeness (QED) is 0.865. The first-order valence-corrected chi connectivity index (χ1v) is 7.88. The predicted molar refractivity (Wildman–Crippen MR) is 85.8 cm³/mol. The van der Waals surface area contributed by atoms with E-state index >= 15 is 0 Å². The number of nitriles is 1. The lowest BCUT2D eigenvalue weighted by atomic mass is 9.70. The molecule has 3 rings (SSSR count). The Morgan fingerprint density at radius 3 is 2.77 bits per heavy atom. The van der Waals surface area contributed by atoms with Crippen LogP contribution in [0.25, 0.3) is 0 Å². The normalized spacial score (nSPS) is 20.0. The lowest BCUT2D eigenvalue weighted by Crippen LogP contribution is -2.31. The first-order chi connectivity index (χ1) is 10.6. The van der Waals surface area contributed by atoms with Gasteiger partial charge in [-0.05, 0) is 24.0 Å². The van der Waals surface area contributed by atoms with Crippen LogP contribution in [0.5, 0.6) is 0 Å². The second kappa shape index (κ2) is 5.47. The number of rotatable bonds is 2. The smallest absolute Gasteiger partial charge is 0.341 e. The van der Waals surface area contributed by atoms with Crippen molar-refractivity contribution in [3.05, 3.63) is 51.9 Å². The highest BCUT2D eigenvalue weighted by Gasteiger charge is 2.39. The van der Waals surface area contributed by atoms with Gasteiger partial charge < -0.3 is 10.5 Å². The third-order valence-electron chi connectivity index (χ3n) is 4.31. The van der Waals surface area contributed by atoms with Gasteiger partial charge in [0.25, 0.3) is 0 Å². The Morgan fingerprint density at radius 1 is 1.41 bits per heavy atom. The number of carbonyl (C=O) groups is 1. The molecule has 0 saturated heterocycles. The van der Waals surface area contributed by atoms with Gasteiger partial charge in [-0.2, -0.15) is 5.26 Å². The number of carbonyl (C=O) groups excluding carboxylic acids is 1. The minimum absolute atomic E-state index is 0.390. The zero-order chi connectivity index (χ0) is 15.7. The van der Waals surface area contributed by atoms with Crippen molar-refractivity contribution in [1.82, 2.24) is 0 Å². The van der Waals surface area contributed by atoms with Crippen molar-refractivity contribution in [1.29, 1.82) is 5.26 Å². The Bertz CT molecular complexity index is 761. The van der Waals surface area contributed by atoms with E-state index in [1.54, 1.807) is 0 Å². The van der Waals surface area contributed by atoms with Gasteiger partial charge in [-0.1, -0.05) is 30.3 Å². The largest absolute Gasteiger partial charge is 0.465 e. The third-order valence-corrected chi connectivity index (χ3v) is 5.37. The number of hydrogen-bond acceptors (Lipinski definition) is 5. The first-order valence-electron chi connectivity index (χ1n) is 7.06. The molecule has 5 heteroatoms. The number of nitrogens with two attached hydrogens (primary N) is 1. The average Bonchev–Trinajstić information content (AvgIpc) is 2.89. The average molecular weight is 312 g/mol. The van der Waals surface area contributed by atoms with E-state index in [4.69, 9.17) is 10.5 Å². The van der Waals surface area contributed by atoms with E-state index in [0.29, 0.717) is 29.8 Å². The van der Waals surface area contributed by atoms with Crippen LogP contribution in [0.3, 0.4) is 0 Å². The molecular weight excluding hydrogens is 296 g/mol. The van der Waals surface area contributed by atoms with E-state index in [1.165, 1.54) is 18.4 Å². The van der Waals surface area contributed by atoms with Gasteiger partial charge in [-0.15, -0.1) is 11.3 Å². The molecule has 1 heterocycles. The summed E-state index contributed by atoms with van der Waals surface area (Å²) in [7, 11) is 1.36. The Hall–Kier alpha value is -2.32. The van der Waals surface area contributed by atoms with Crippen LogP contribution in [0.2, 0.25) is 0 Å². The van der Waals surface area contributed by atoms with Crippen molar-refractivity contribution in [2.45, 2.75) is 24.7 Å². The molecule has 22 heavy (non-hydrogen) atoms. The fraction of sp³-hybridized carbons (Fsp3) is 0.294. The van der Waals surface area contributed by atoms with Gasteiger partial charge in [0.05, 0.1) is 24.2 Å². The van der Waals surface area contributed by atoms with Crippen molar-refractivity contribution in [3.63, 3.8) is 0 Å². The van der Waals surface area contributed by atoms with Gasteiger partial charge in [0, 0.05) is 11.3 Å². The van der Waals surface area contributed by atoms with Gasteiger partial charge >= 0.3 is 5.97 Å². The summed E-state index contributed by atoms with van der Waals surface area (Å²) in [5, 5.41) is 10.3. The molecule has 112 valence electrons. The maximum atomic E-state index is 11.9. The van der Waals surface area contributed by atoms with E-state index < -0.39 is 5.41 Å². The zero-order valence-corrected chi connectivity index (χ0v) is 13.1. The summed E-state index contributed by atoms with van der Waals surface area (Å²) in [6, 6.07) is 12.3. The molecule has 2 aromatic rings. The fourth-order valence-corrected chi connectivity index (χ4v) is 4.35. The molecule has 0 aliphatic heterocycles. The number of ether oxygens (including phenoxy) is 1. The summed E-state index contributed by atoms with van der Waals surface area (Å²) < 4.78 is 4.83. The summed E-state index contributed by atoms with van der Waals surface area (Å²) in [5.41, 5.74) is 7.92. The van der Waals surface area contributed by atoms with E-state index in [9.17, 15) is 10.1 Å². The lowest BCUT2D eigenvalue weighted by molar-refractivity contribution is 0.0601. The number of esters is 1. The summed E-state index contributed by atoms with van der Waals surface area (Å²) in [5.74, 6) is -0.390. The molecule has 1 aromatic carbocycles. The van der Waals surface area contributed by atoms with Gasteiger partial charge in [0.15, 0.2) is 0 Å². The number of fused-ring (bicyclic) bond motifs is 1. The lowest BCUT2D eigenvalue weighted by Gasteiger charge is -2.31. The number of hydrogen-bond donors (Lipinski definition) is 1. The monoisotopic (exact) mass is 312 g/mol. The summed E-state index contributed by atoms with van der Waals surface area (Å²) in [6.45, 7) is 0. The molecule has 2 N–H and O–H groups in total. The zero-order valence-electron chi connectivity index (χ0n) is 12.3. The van der Waals surface area contributed by atoms with Crippen molar-refractivity contribution >= 4 is 22.3 Å². The number of nitrogens with zero attached hydrogens (tertiary/aromatic N) is 1. The highest BCUT2D eigenvalue weighted by molar-refractivity contribution is 7.16. The Labute approximate surface area is 133 Å². The summed E-state index contributed by atoms with van der Waals surface area (Å²) in [6.07, 6.45) is 1.94. The van der Waals surface area contributed by atoms with Crippen LogP contribution in [0.4, 0.5) is 5.00 Å². The first kappa shape index (κ1) is 14.6. The number of benzene rings is 1. The molecule has 4 nitrogen and oxygen atoms in total. The van der Waals surface area contributed by atoms with Gasteiger partial charge in [0.2, 0.25) is 0 Å². The third kappa shape index (κ3) is 2.16. The molecule has 1 aromatic heterocycles. The van der Waals surface area contributed by atoms with Crippen molar-refractivity contribution < 1.29 is 9.53 Å². The van der Waals surface area contributed by atoms with Crippen molar-refractivity contribution in [2.24, 2.45) is 0 Å². The predicted octanol–water partition coefficient (Wildman–Crippen LogP) is 3.07. The van der Waals surface area contributed by atoms with Gasteiger partial charge in [0.1, 0.15) is 5.00 Å². The maximum Gasteiger partial charge on any atom is 0.341 e. The van der Waals surface area contributed by atoms with E-state index in [2.05, 4.69) is 6.07 Å². The molecule has 1 aliphatic rings. The number of thiophene rings is 1. The standard InChI is InChI=1S/C17H16N2O2S/c1-21-16(20)14-12-7-8-17(10-18,9-13(12)22-15(14)19)11-5-3-2-4-6-11/h2-6H,7-9,19H2,1H3. The Balaban J connectivity index is 2.05. The molecule has 1 unspecified atom stereocenters. The molecule has 0 radical (unpaired) electrons. The van der Waals surface area contributed by atoms with E-state index in [1.807, 2.05) is 30.3 Å². The molecule has 0 bridgehead atoms. The Morgan fingerprint density at radius 2 is 2.14 bits per heavy atom. The van der Waals surface area contributed by atoms with Crippen LogP contribution in [0.1, 0.15) is 32.8 Å². The van der Waals surface area contributed by atoms with Crippen LogP contribution in [0.15, 0.2) is 30.3 Å². The number of methoxy groups -OCH3 is 1. The van der Waals surface area contributed by atoms with Crippen LogP contribution < -0.4 is 5.73 Å². The Kier molecular flexibility index (Phi) is 3.63. The highest BCUT2D eigenvalue weighted by atomic mass is 32.1. The minimum Gasteiger partial charge on any atom is -0.465 e. The molecule has 1 atom stereocenters. The second-order valence-electron chi connectivity index (χ2n) is 5.47. The van der Waals surface area contributed by atoms with Crippen molar-refractivity contribution in [2.75, 3.05) is 12.8 Å². The molecule has 0 saturated carbocycles. The number of nitrogen functional groups attached to an aromatic ring is 1. The maximum absolute atomic E-state index is 11.9. The van der Waals surface area contributed by atoms with Gasteiger partial charge in [-0.25, -0.2) is 4.79 Å². The van der Waals surface area contributed by atoms with Crippen molar-refractivity contribution in [3.8, 4) is 6.07 Å². The van der Waals surface area contributed by atoms with Crippen LogP contribution in [-0.4, -0.2) is 13.1 Å². The highest BCUT2D eigenvalue weighted by Crippen LogP contribution is 2.44. The fourth-order valence-electron chi connectivity index (χ4n) is 3.13. The molecule has 0 fully saturated rings. The molecule has 0 amide bonds. The van der Waals surface area contributed by atoms with E-state index in [0.717, 1.165) is 16.0 Å². The summed E-state index contributed by atoms with van der Waals surface area (Å²) >= 11 is 1.40. The minimum atomic E-state index is -0.543. The van der Waals surface area contributed by atoms with Crippen LogP contribution in [-0.2, 0) is 23.0 Å². The molecule has 1 aliphatic carbocycles. The van der Waals surface area contributed by atoms with Crippen LogP contribution >= 0.6 is 11.3 Å². The topological polar surface area (TPSA) is 76.1 Å². The number of anilines is 1. The second-order valence-corrected chi connectivity index (χ2v) is 6.61. The molecular formula is C17H16N2O2S. The van der Waals surface area contributed by atoms with Crippen LogP contribution in [0, 0.1) is 11.3 Å². The van der Waals surface area contributed by atoms with E-state index in [-0.39, 0.29) is 5.97 Å². The SMILES string of the molecule is COC(=O)c1c(N)sc2c1CCC(C#N)(c1ccccc1)C2. The molecule has 0 spiro atoms. The van der Waals surface area contributed by atoms with Gasteiger partial charge in [-0.3, -0.25) is 0 Å². The summed E-state index contributed by atoms with van der Waals surface area (Å²) in [4.78, 5) is 12.9.